The molecule has 0 N–H and O–H groups in total. The van der Waals surface area contributed by atoms with E-state index in [1.165, 1.54) is 0 Å². The summed E-state index contributed by atoms with van der Waals surface area (Å²) in [4.78, 5) is 19.4. The predicted molar refractivity (Wildman–Crippen MR) is 78.5 cm³/mol. The summed E-state index contributed by atoms with van der Waals surface area (Å²) in [6.45, 7) is 3.88. The minimum atomic E-state index is 0.0755. The molecular weight excluding hydrogens is 285 g/mol. The van der Waals surface area contributed by atoms with Gasteiger partial charge in [-0.2, -0.15) is 0 Å². The zero-order valence-electron chi connectivity index (χ0n) is 11.5. The molecule has 1 aromatic rings. The van der Waals surface area contributed by atoms with E-state index in [0.29, 0.717) is 23.3 Å². The normalized spacial score (nSPS) is 10.8. The van der Waals surface area contributed by atoms with Gasteiger partial charge in [0.15, 0.2) is 0 Å². The number of amides is 1. The number of carbonyl (C=O) groups is 1. The molecule has 0 bridgehead atoms. The molecule has 0 aliphatic carbocycles. The minimum Gasteiger partial charge on any atom is -0.348 e. The topological polar surface area (TPSA) is 36.4 Å². The zero-order chi connectivity index (χ0) is 14.4. The van der Waals surface area contributed by atoms with Crippen LogP contribution in [0.4, 0.5) is 0 Å². The molecule has 1 heterocycles. The molecule has 19 heavy (non-hydrogen) atoms. The van der Waals surface area contributed by atoms with Crippen LogP contribution in [0.25, 0.3) is 0 Å². The summed E-state index contributed by atoms with van der Waals surface area (Å²) < 4.78 is 0. The van der Waals surface area contributed by atoms with Gasteiger partial charge in [-0.25, -0.2) is 4.98 Å². The Kier molecular flexibility index (Phi) is 6.55. The van der Waals surface area contributed by atoms with Crippen LogP contribution in [0.1, 0.15) is 18.9 Å². The number of hydrogen-bond acceptors (Lipinski definition) is 3. The van der Waals surface area contributed by atoms with E-state index in [0.717, 1.165) is 18.5 Å². The summed E-state index contributed by atoms with van der Waals surface area (Å²) in [5.41, 5.74) is 0.881. The summed E-state index contributed by atoms with van der Waals surface area (Å²) in [5.74, 6) is 0.0755. The van der Waals surface area contributed by atoms with Crippen molar-refractivity contribution in [3.8, 4) is 0 Å². The molecule has 106 valence electrons. The summed E-state index contributed by atoms with van der Waals surface area (Å²) in [6.07, 6.45) is 2.63. The summed E-state index contributed by atoms with van der Waals surface area (Å²) in [5, 5.41) is 0.957. The van der Waals surface area contributed by atoms with Crippen molar-refractivity contribution in [2.24, 2.45) is 0 Å². The first-order valence-electron chi connectivity index (χ1n) is 6.16. The average Bonchev–Trinajstić information content (AvgIpc) is 2.32. The van der Waals surface area contributed by atoms with Crippen LogP contribution in [0.3, 0.4) is 0 Å². The van der Waals surface area contributed by atoms with Crippen LogP contribution >= 0.6 is 23.2 Å². The molecule has 0 radical (unpaired) electrons. The number of aromatic nitrogens is 1. The van der Waals surface area contributed by atoms with Crippen molar-refractivity contribution < 1.29 is 4.79 Å². The van der Waals surface area contributed by atoms with Crippen LogP contribution in [-0.4, -0.2) is 47.9 Å². The zero-order valence-corrected chi connectivity index (χ0v) is 13.0. The molecule has 0 aromatic carbocycles. The Morgan fingerprint density at radius 2 is 2.05 bits per heavy atom. The number of rotatable bonds is 6. The molecule has 0 aliphatic rings. The van der Waals surface area contributed by atoms with Crippen molar-refractivity contribution >= 4 is 29.1 Å². The molecule has 0 saturated heterocycles. The van der Waals surface area contributed by atoms with Gasteiger partial charge in [0.25, 0.3) is 0 Å². The van der Waals surface area contributed by atoms with Crippen molar-refractivity contribution in [1.29, 1.82) is 0 Å². The quantitative estimate of drug-likeness (QED) is 0.758. The highest BCUT2D eigenvalue weighted by molar-refractivity contribution is 6.34. The van der Waals surface area contributed by atoms with Crippen molar-refractivity contribution in [2.75, 3.05) is 27.2 Å². The third-order valence-electron chi connectivity index (χ3n) is 2.69. The molecule has 0 spiro atoms. The van der Waals surface area contributed by atoms with E-state index in [4.69, 9.17) is 23.2 Å². The molecule has 0 unspecified atom stereocenters. The Hall–Kier alpha value is -0.840. The lowest BCUT2D eigenvalue weighted by atomic mass is 10.2. The SMILES string of the molecule is CCCN(CC(=O)N(C)C)Cc1cnc(Cl)cc1Cl. The highest BCUT2D eigenvalue weighted by Gasteiger charge is 2.14. The summed E-state index contributed by atoms with van der Waals surface area (Å²) in [7, 11) is 3.51. The van der Waals surface area contributed by atoms with Gasteiger partial charge in [-0.15, -0.1) is 0 Å². The second-order valence-corrected chi connectivity index (χ2v) is 5.39. The van der Waals surface area contributed by atoms with E-state index in [9.17, 15) is 4.79 Å². The van der Waals surface area contributed by atoms with Crippen LogP contribution in [0, 0.1) is 0 Å². The van der Waals surface area contributed by atoms with Crippen LogP contribution in [0.2, 0.25) is 10.2 Å². The van der Waals surface area contributed by atoms with Gasteiger partial charge in [0.2, 0.25) is 5.91 Å². The first-order chi connectivity index (χ1) is 8.93. The van der Waals surface area contributed by atoms with E-state index in [1.807, 2.05) is 0 Å². The molecule has 1 aromatic heterocycles. The molecule has 0 fully saturated rings. The fourth-order valence-corrected chi connectivity index (χ4v) is 2.08. The van der Waals surface area contributed by atoms with Gasteiger partial charge in [-0.1, -0.05) is 30.1 Å². The van der Waals surface area contributed by atoms with Crippen molar-refractivity contribution in [1.82, 2.24) is 14.8 Å². The minimum absolute atomic E-state index is 0.0755. The Morgan fingerprint density at radius 3 is 2.58 bits per heavy atom. The maximum atomic E-state index is 11.8. The lowest BCUT2D eigenvalue weighted by Crippen LogP contribution is -2.36. The second kappa shape index (κ2) is 7.68. The average molecular weight is 304 g/mol. The summed E-state index contributed by atoms with van der Waals surface area (Å²) in [6, 6.07) is 1.62. The van der Waals surface area contributed by atoms with Gasteiger partial charge in [-0.3, -0.25) is 9.69 Å². The van der Waals surface area contributed by atoms with Crippen LogP contribution < -0.4 is 0 Å². The number of nitrogens with zero attached hydrogens (tertiary/aromatic N) is 3. The maximum Gasteiger partial charge on any atom is 0.236 e. The van der Waals surface area contributed by atoms with Crippen molar-refractivity contribution in [3.63, 3.8) is 0 Å². The van der Waals surface area contributed by atoms with Gasteiger partial charge in [0, 0.05) is 37.4 Å². The van der Waals surface area contributed by atoms with E-state index in [-0.39, 0.29) is 5.91 Å². The number of likely N-dealkylation sites (N-methyl/N-ethyl adjacent to an activating group) is 1. The third kappa shape index (κ3) is 5.35. The third-order valence-corrected chi connectivity index (χ3v) is 3.25. The smallest absolute Gasteiger partial charge is 0.236 e. The van der Waals surface area contributed by atoms with E-state index >= 15 is 0 Å². The van der Waals surface area contributed by atoms with Gasteiger partial charge >= 0.3 is 0 Å². The summed E-state index contributed by atoms with van der Waals surface area (Å²) >= 11 is 11.9. The Bertz CT molecular complexity index is 438. The van der Waals surface area contributed by atoms with Crippen molar-refractivity contribution in [3.05, 3.63) is 28.0 Å². The number of halogens is 2. The fraction of sp³-hybridized carbons (Fsp3) is 0.538. The monoisotopic (exact) mass is 303 g/mol. The first-order valence-corrected chi connectivity index (χ1v) is 6.92. The van der Waals surface area contributed by atoms with Crippen LogP contribution in [0.15, 0.2) is 12.3 Å². The molecule has 1 rings (SSSR count). The van der Waals surface area contributed by atoms with Crippen LogP contribution in [-0.2, 0) is 11.3 Å². The number of hydrogen-bond donors (Lipinski definition) is 0. The molecule has 4 nitrogen and oxygen atoms in total. The van der Waals surface area contributed by atoms with Gasteiger partial charge < -0.3 is 4.90 Å². The lowest BCUT2D eigenvalue weighted by molar-refractivity contribution is -0.130. The lowest BCUT2D eigenvalue weighted by Gasteiger charge is -2.23. The first kappa shape index (κ1) is 16.2. The Balaban J connectivity index is 2.74. The van der Waals surface area contributed by atoms with Gasteiger partial charge in [0.05, 0.1) is 6.54 Å². The molecule has 6 heteroatoms. The number of pyridine rings is 1. The Morgan fingerprint density at radius 1 is 1.37 bits per heavy atom. The predicted octanol–water partition coefficient (Wildman–Crippen LogP) is 2.69. The second-order valence-electron chi connectivity index (χ2n) is 4.60. The van der Waals surface area contributed by atoms with Crippen LogP contribution in [0.5, 0.6) is 0 Å². The molecular formula is C13H19Cl2N3O. The highest BCUT2D eigenvalue weighted by atomic mass is 35.5. The molecule has 1 amide bonds. The fourth-order valence-electron chi connectivity index (χ4n) is 1.66. The van der Waals surface area contributed by atoms with E-state index in [2.05, 4.69) is 16.8 Å². The highest BCUT2D eigenvalue weighted by Crippen LogP contribution is 2.20. The van der Waals surface area contributed by atoms with E-state index < -0.39 is 0 Å². The molecule has 0 atom stereocenters. The standard InChI is InChI=1S/C13H19Cl2N3O/c1-4-5-18(9-13(19)17(2)3)8-10-7-16-12(15)6-11(10)14/h6-7H,4-5,8-9H2,1-3H3. The molecule has 0 aliphatic heterocycles. The van der Waals surface area contributed by atoms with Gasteiger partial charge in [0.1, 0.15) is 5.15 Å². The molecule has 0 saturated carbocycles. The Labute approximate surface area is 124 Å². The van der Waals surface area contributed by atoms with Crippen molar-refractivity contribution in [2.45, 2.75) is 19.9 Å². The van der Waals surface area contributed by atoms with E-state index in [1.54, 1.807) is 31.3 Å². The maximum absolute atomic E-state index is 11.8. The number of carbonyl (C=O) groups excluding carboxylic acids is 1. The largest absolute Gasteiger partial charge is 0.348 e. The van der Waals surface area contributed by atoms with Gasteiger partial charge in [-0.05, 0) is 19.0 Å².